The van der Waals surface area contributed by atoms with E-state index in [-0.39, 0.29) is 11.8 Å². The van der Waals surface area contributed by atoms with Gasteiger partial charge in [0.2, 0.25) is 0 Å². The van der Waals surface area contributed by atoms with E-state index in [4.69, 9.17) is 9.72 Å². The second-order valence-electron chi connectivity index (χ2n) is 9.85. The molecule has 0 atom stereocenters. The molecule has 0 aliphatic carbocycles. The molecule has 0 aliphatic heterocycles. The normalized spacial score (nSPS) is 11.1. The first-order valence-corrected chi connectivity index (χ1v) is 14.6. The average Bonchev–Trinajstić information content (AvgIpc) is 3.50. The summed E-state index contributed by atoms with van der Waals surface area (Å²) in [5, 5.41) is 5.68. The van der Waals surface area contributed by atoms with Crippen LogP contribution in [-0.2, 0) is 19.6 Å². The van der Waals surface area contributed by atoms with Crippen LogP contribution in [0.25, 0.3) is 0 Å². The SMILES string of the molecule is COc1ccc(CN(CCC(c2ccccc2)c2ccccc2)Cc2nc(C(=O)NCc3ccccn3)cs2)cc1. The summed E-state index contributed by atoms with van der Waals surface area (Å²) in [7, 11) is 1.68. The first kappa shape index (κ1) is 28.2. The fourth-order valence-electron chi connectivity index (χ4n) is 4.85. The number of carbonyl (C=O) groups is 1. The van der Waals surface area contributed by atoms with Crippen LogP contribution >= 0.6 is 11.3 Å². The van der Waals surface area contributed by atoms with Gasteiger partial charge in [0.15, 0.2) is 0 Å². The molecule has 0 spiro atoms. The van der Waals surface area contributed by atoms with E-state index in [9.17, 15) is 4.79 Å². The van der Waals surface area contributed by atoms with Crippen molar-refractivity contribution in [3.8, 4) is 5.75 Å². The average molecular weight is 563 g/mol. The molecule has 3 aromatic carbocycles. The maximum absolute atomic E-state index is 12.8. The summed E-state index contributed by atoms with van der Waals surface area (Å²) in [6, 6.07) is 35.3. The van der Waals surface area contributed by atoms with Gasteiger partial charge in [-0.2, -0.15) is 0 Å². The summed E-state index contributed by atoms with van der Waals surface area (Å²) in [6.07, 6.45) is 2.67. The minimum absolute atomic E-state index is 0.187. The first-order valence-electron chi connectivity index (χ1n) is 13.8. The molecule has 0 bridgehead atoms. The Balaban J connectivity index is 1.31. The van der Waals surface area contributed by atoms with Crippen molar-refractivity contribution in [2.24, 2.45) is 0 Å². The maximum Gasteiger partial charge on any atom is 0.271 e. The van der Waals surface area contributed by atoms with Crippen molar-refractivity contribution in [3.63, 3.8) is 0 Å². The largest absolute Gasteiger partial charge is 0.497 e. The zero-order valence-corrected chi connectivity index (χ0v) is 24.0. The summed E-state index contributed by atoms with van der Waals surface area (Å²) in [6.45, 7) is 2.65. The second-order valence-corrected chi connectivity index (χ2v) is 10.8. The molecular weight excluding hydrogens is 528 g/mol. The van der Waals surface area contributed by atoms with Gasteiger partial charge < -0.3 is 10.1 Å². The number of aromatic nitrogens is 2. The Morgan fingerprint density at radius 1 is 0.878 bits per heavy atom. The smallest absolute Gasteiger partial charge is 0.271 e. The van der Waals surface area contributed by atoms with Crippen molar-refractivity contribution in [3.05, 3.63) is 148 Å². The molecule has 0 aliphatic rings. The zero-order valence-electron chi connectivity index (χ0n) is 23.1. The van der Waals surface area contributed by atoms with Gasteiger partial charge in [-0.3, -0.25) is 14.7 Å². The van der Waals surface area contributed by atoms with Crippen molar-refractivity contribution in [1.29, 1.82) is 0 Å². The molecule has 1 amide bonds. The van der Waals surface area contributed by atoms with Crippen LogP contribution in [0.1, 0.15) is 50.2 Å². The Labute approximate surface area is 245 Å². The van der Waals surface area contributed by atoms with E-state index in [0.717, 1.165) is 36.0 Å². The van der Waals surface area contributed by atoms with E-state index in [1.165, 1.54) is 28.0 Å². The number of hydrogen-bond donors (Lipinski definition) is 1. The van der Waals surface area contributed by atoms with Crippen molar-refractivity contribution < 1.29 is 9.53 Å². The minimum Gasteiger partial charge on any atom is -0.497 e. The Morgan fingerprint density at radius 3 is 2.20 bits per heavy atom. The van der Waals surface area contributed by atoms with E-state index >= 15 is 0 Å². The highest BCUT2D eigenvalue weighted by atomic mass is 32.1. The number of nitrogens with one attached hydrogen (secondary N) is 1. The van der Waals surface area contributed by atoms with Crippen LogP contribution in [0.5, 0.6) is 5.75 Å². The molecule has 5 rings (SSSR count). The number of pyridine rings is 1. The van der Waals surface area contributed by atoms with E-state index in [2.05, 4.69) is 88.0 Å². The van der Waals surface area contributed by atoms with Crippen molar-refractivity contribution in [2.75, 3.05) is 13.7 Å². The highest BCUT2D eigenvalue weighted by Gasteiger charge is 2.18. The molecule has 5 aromatic rings. The molecule has 2 aromatic heterocycles. The number of amides is 1. The molecule has 6 nitrogen and oxygen atoms in total. The molecule has 1 N–H and O–H groups in total. The third-order valence-corrected chi connectivity index (χ3v) is 7.84. The number of thiazole rings is 1. The Hall–Kier alpha value is -4.33. The highest BCUT2D eigenvalue weighted by molar-refractivity contribution is 7.09. The highest BCUT2D eigenvalue weighted by Crippen LogP contribution is 2.29. The van der Waals surface area contributed by atoms with E-state index < -0.39 is 0 Å². The molecule has 41 heavy (non-hydrogen) atoms. The van der Waals surface area contributed by atoms with Gasteiger partial charge in [-0.25, -0.2) is 4.98 Å². The van der Waals surface area contributed by atoms with Crippen LogP contribution in [0.4, 0.5) is 0 Å². The molecule has 0 saturated heterocycles. The van der Waals surface area contributed by atoms with Crippen molar-refractivity contribution in [2.45, 2.75) is 32.0 Å². The fourth-order valence-corrected chi connectivity index (χ4v) is 5.67. The lowest BCUT2D eigenvalue weighted by Gasteiger charge is -2.25. The molecule has 7 heteroatoms. The Morgan fingerprint density at radius 2 is 1.56 bits per heavy atom. The number of benzene rings is 3. The minimum atomic E-state index is -0.187. The molecule has 208 valence electrons. The Bertz CT molecular complexity index is 1450. The number of hydrogen-bond acceptors (Lipinski definition) is 6. The summed E-state index contributed by atoms with van der Waals surface area (Å²) in [4.78, 5) is 24.2. The van der Waals surface area contributed by atoms with Gasteiger partial charge in [0.25, 0.3) is 5.91 Å². The second kappa shape index (κ2) is 14.3. The lowest BCUT2D eigenvalue weighted by Crippen LogP contribution is -2.26. The number of ether oxygens (including phenoxy) is 1. The van der Waals surface area contributed by atoms with Gasteiger partial charge in [0.05, 0.1) is 25.9 Å². The first-order chi connectivity index (χ1) is 20.2. The maximum atomic E-state index is 12.8. The Kier molecular flexibility index (Phi) is 9.87. The predicted octanol–water partition coefficient (Wildman–Crippen LogP) is 6.70. The van der Waals surface area contributed by atoms with Crippen LogP contribution in [0.3, 0.4) is 0 Å². The van der Waals surface area contributed by atoms with Gasteiger partial charge in [-0.05, 0) is 53.9 Å². The van der Waals surface area contributed by atoms with Crippen LogP contribution < -0.4 is 10.1 Å². The molecule has 0 saturated carbocycles. The summed E-state index contributed by atoms with van der Waals surface area (Å²) >= 11 is 1.52. The number of carbonyl (C=O) groups excluding carboxylic acids is 1. The lowest BCUT2D eigenvalue weighted by molar-refractivity contribution is 0.0945. The molecule has 0 unspecified atom stereocenters. The van der Waals surface area contributed by atoms with E-state index in [1.807, 2.05) is 35.7 Å². The fraction of sp³-hybridized carbons (Fsp3) is 0.206. The standard InChI is InChI=1S/C34H34N4O2S/c1-40-30-17-15-26(16-18-30)23-38(21-19-31(27-10-4-2-5-11-27)28-12-6-3-7-13-28)24-33-37-32(25-41-33)34(39)36-22-29-14-8-9-20-35-29/h2-18,20,25,31H,19,21-24H2,1H3,(H,36,39). The van der Waals surface area contributed by atoms with Crippen LogP contribution in [-0.4, -0.2) is 34.4 Å². The molecule has 0 fully saturated rings. The number of methoxy groups -OCH3 is 1. The van der Waals surface area contributed by atoms with Crippen LogP contribution in [0.15, 0.2) is 115 Å². The van der Waals surface area contributed by atoms with Crippen LogP contribution in [0.2, 0.25) is 0 Å². The molecular formula is C34H34N4O2S. The summed E-state index contributed by atoms with van der Waals surface area (Å²) in [5.41, 5.74) is 5.07. The topological polar surface area (TPSA) is 67.3 Å². The summed E-state index contributed by atoms with van der Waals surface area (Å²) in [5.74, 6) is 0.933. The third-order valence-electron chi connectivity index (χ3n) is 7.00. The lowest BCUT2D eigenvalue weighted by atomic mass is 9.88. The van der Waals surface area contributed by atoms with Gasteiger partial charge in [0.1, 0.15) is 16.5 Å². The number of nitrogens with zero attached hydrogens (tertiary/aromatic N) is 3. The van der Waals surface area contributed by atoms with Crippen LogP contribution in [0, 0.1) is 0 Å². The van der Waals surface area contributed by atoms with Gasteiger partial charge in [-0.15, -0.1) is 11.3 Å². The monoisotopic (exact) mass is 562 g/mol. The third kappa shape index (κ3) is 8.10. The van der Waals surface area contributed by atoms with Gasteiger partial charge >= 0.3 is 0 Å². The molecule has 0 radical (unpaired) electrons. The zero-order chi connectivity index (χ0) is 28.3. The summed E-state index contributed by atoms with van der Waals surface area (Å²) < 4.78 is 5.36. The van der Waals surface area contributed by atoms with Gasteiger partial charge in [-0.1, -0.05) is 78.9 Å². The molecule has 2 heterocycles. The van der Waals surface area contributed by atoms with E-state index in [1.54, 1.807) is 13.3 Å². The van der Waals surface area contributed by atoms with E-state index in [0.29, 0.717) is 18.8 Å². The predicted molar refractivity (Wildman–Crippen MR) is 164 cm³/mol. The van der Waals surface area contributed by atoms with Gasteiger partial charge in [0, 0.05) is 24.0 Å². The quantitative estimate of drug-likeness (QED) is 0.173. The van der Waals surface area contributed by atoms with Crippen molar-refractivity contribution in [1.82, 2.24) is 20.2 Å². The number of rotatable bonds is 13. The van der Waals surface area contributed by atoms with Crippen molar-refractivity contribution >= 4 is 17.2 Å².